The molecule has 0 aromatic heterocycles. The van der Waals surface area contributed by atoms with Crippen LogP contribution < -0.4 is 0 Å². The fraction of sp³-hybridized carbons (Fsp3) is 0.750. The summed E-state index contributed by atoms with van der Waals surface area (Å²) >= 11 is 0. The molecule has 0 amide bonds. The Hall–Kier alpha value is -0.590. The first kappa shape index (κ1) is 10.5. The Morgan fingerprint density at radius 3 is 2.54 bits per heavy atom. The van der Waals surface area contributed by atoms with E-state index >= 15 is 0 Å². The summed E-state index contributed by atoms with van der Waals surface area (Å²) in [6.07, 6.45) is 5.09. The van der Waals surface area contributed by atoms with Gasteiger partial charge in [0.1, 0.15) is 0 Å². The summed E-state index contributed by atoms with van der Waals surface area (Å²) < 4.78 is 0. The average Bonchev–Trinajstić information content (AvgIpc) is 1.97. The number of rotatable bonds is 2. The van der Waals surface area contributed by atoms with Crippen molar-refractivity contribution in [3.05, 3.63) is 11.6 Å². The van der Waals surface area contributed by atoms with E-state index in [9.17, 15) is 4.79 Å². The highest BCUT2D eigenvalue weighted by Gasteiger charge is 2.29. The molecule has 0 unspecified atom stereocenters. The highest BCUT2D eigenvalue weighted by atomic mass is 16.1. The Morgan fingerprint density at radius 1 is 1.46 bits per heavy atom. The van der Waals surface area contributed by atoms with Crippen LogP contribution in [0, 0.1) is 11.3 Å². The Labute approximate surface area is 81.2 Å². The van der Waals surface area contributed by atoms with Crippen LogP contribution in [0.25, 0.3) is 0 Å². The molecule has 0 N–H and O–H groups in total. The van der Waals surface area contributed by atoms with Gasteiger partial charge < -0.3 is 0 Å². The van der Waals surface area contributed by atoms with E-state index in [1.807, 2.05) is 19.9 Å². The summed E-state index contributed by atoms with van der Waals surface area (Å²) in [4.78, 5) is 11.6. The van der Waals surface area contributed by atoms with Gasteiger partial charge in [-0.25, -0.2) is 0 Å². The summed E-state index contributed by atoms with van der Waals surface area (Å²) in [6, 6.07) is 0. The van der Waals surface area contributed by atoms with Crippen LogP contribution in [0.2, 0.25) is 0 Å². The molecule has 0 saturated carbocycles. The third-order valence-corrected chi connectivity index (χ3v) is 2.74. The Balaban J connectivity index is 2.68. The van der Waals surface area contributed by atoms with Crippen molar-refractivity contribution < 1.29 is 4.79 Å². The molecule has 1 heteroatoms. The Bertz CT molecular complexity index is 234. The van der Waals surface area contributed by atoms with Gasteiger partial charge in [-0.1, -0.05) is 33.3 Å². The van der Waals surface area contributed by atoms with Gasteiger partial charge >= 0.3 is 0 Å². The van der Waals surface area contributed by atoms with Crippen LogP contribution in [0.15, 0.2) is 11.6 Å². The lowest BCUT2D eigenvalue weighted by atomic mass is 9.76. The van der Waals surface area contributed by atoms with Crippen molar-refractivity contribution in [2.45, 2.75) is 47.0 Å². The first-order chi connectivity index (χ1) is 5.92. The number of hydrogen-bond acceptors (Lipinski definition) is 1. The first-order valence-corrected chi connectivity index (χ1v) is 5.16. The molecule has 0 aromatic rings. The topological polar surface area (TPSA) is 17.1 Å². The minimum atomic E-state index is -0.111. The lowest BCUT2D eigenvalue weighted by molar-refractivity contribution is -0.123. The zero-order chi connectivity index (χ0) is 10.1. The maximum atomic E-state index is 11.6. The number of hydrogen-bond donors (Lipinski definition) is 0. The van der Waals surface area contributed by atoms with Crippen molar-refractivity contribution in [1.82, 2.24) is 0 Å². The van der Waals surface area contributed by atoms with E-state index in [0.717, 1.165) is 19.3 Å². The summed E-state index contributed by atoms with van der Waals surface area (Å²) in [7, 11) is 0. The van der Waals surface area contributed by atoms with Crippen LogP contribution in [-0.2, 0) is 4.79 Å². The highest BCUT2D eigenvalue weighted by Crippen LogP contribution is 2.33. The van der Waals surface area contributed by atoms with Crippen LogP contribution in [0.3, 0.4) is 0 Å². The Morgan fingerprint density at radius 2 is 2.08 bits per heavy atom. The molecular weight excluding hydrogens is 160 g/mol. The van der Waals surface area contributed by atoms with E-state index in [1.54, 1.807) is 0 Å². The molecule has 0 fully saturated rings. The molecule has 1 rings (SSSR count). The molecule has 0 atom stereocenters. The molecule has 0 aliphatic heterocycles. The van der Waals surface area contributed by atoms with Crippen molar-refractivity contribution >= 4 is 5.78 Å². The fourth-order valence-electron chi connectivity index (χ4n) is 1.73. The van der Waals surface area contributed by atoms with Crippen molar-refractivity contribution in [2.75, 3.05) is 0 Å². The molecular formula is C12H20O. The Kier molecular flexibility index (Phi) is 2.94. The fourth-order valence-corrected chi connectivity index (χ4v) is 1.73. The molecule has 0 saturated heterocycles. The van der Waals surface area contributed by atoms with Gasteiger partial charge in [-0.15, -0.1) is 0 Å². The molecule has 1 aliphatic carbocycles. The predicted octanol–water partition coefficient (Wildman–Crippen LogP) is 3.35. The third kappa shape index (κ3) is 2.68. The maximum Gasteiger partial charge on any atom is 0.161 e. The van der Waals surface area contributed by atoms with E-state index in [4.69, 9.17) is 0 Å². The zero-order valence-corrected chi connectivity index (χ0v) is 9.18. The van der Waals surface area contributed by atoms with Gasteiger partial charge in [0.25, 0.3) is 0 Å². The number of carbonyl (C=O) groups is 1. The number of ketones is 1. The van der Waals surface area contributed by atoms with E-state index < -0.39 is 0 Å². The summed E-state index contributed by atoms with van der Waals surface area (Å²) in [5.41, 5.74) is 1.24. The molecule has 74 valence electrons. The second kappa shape index (κ2) is 3.65. The summed E-state index contributed by atoms with van der Waals surface area (Å²) in [6.45, 7) is 8.48. The molecule has 0 heterocycles. The van der Waals surface area contributed by atoms with Gasteiger partial charge in [-0.2, -0.15) is 0 Å². The molecule has 1 aliphatic rings. The van der Waals surface area contributed by atoms with E-state index in [-0.39, 0.29) is 5.41 Å². The van der Waals surface area contributed by atoms with Gasteiger partial charge in [-0.3, -0.25) is 4.79 Å². The van der Waals surface area contributed by atoms with Gasteiger partial charge in [0.05, 0.1) is 0 Å². The molecule has 0 aromatic carbocycles. The largest absolute Gasteiger partial charge is 0.294 e. The van der Waals surface area contributed by atoms with Crippen molar-refractivity contribution in [3.8, 4) is 0 Å². The number of carbonyl (C=O) groups excluding carboxylic acids is 1. The van der Waals surface area contributed by atoms with E-state index in [0.29, 0.717) is 11.7 Å². The summed E-state index contributed by atoms with van der Waals surface area (Å²) in [5.74, 6) is 0.981. The van der Waals surface area contributed by atoms with Crippen LogP contribution >= 0.6 is 0 Å². The van der Waals surface area contributed by atoms with Gasteiger partial charge in [0.2, 0.25) is 0 Å². The zero-order valence-electron chi connectivity index (χ0n) is 9.18. The summed E-state index contributed by atoms with van der Waals surface area (Å²) in [5, 5.41) is 0. The lowest BCUT2D eigenvalue weighted by Crippen LogP contribution is -2.26. The van der Waals surface area contributed by atoms with Crippen molar-refractivity contribution in [1.29, 1.82) is 0 Å². The molecule has 0 spiro atoms. The van der Waals surface area contributed by atoms with Crippen LogP contribution in [0.1, 0.15) is 47.0 Å². The molecule has 0 bridgehead atoms. The van der Waals surface area contributed by atoms with Gasteiger partial charge in [0, 0.05) is 5.41 Å². The van der Waals surface area contributed by atoms with Crippen LogP contribution in [0.4, 0.5) is 0 Å². The SMILES string of the molecule is CC(C)CC1=CC(=O)C(C)(C)CC1. The standard InChI is InChI=1S/C12H20O/c1-9(2)7-10-5-6-12(3,4)11(13)8-10/h8-9H,5-7H2,1-4H3. The van der Waals surface area contributed by atoms with Crippen molar-refractivity contribution in [3.63, 3.8) is 0 Å². The monoisotopic (exact) mass is 180 g/mol. The van der Waals surface area contributed by atoms with Crippen LogP contribution in [-0.4, -0.2) is 5.78 Å². The van der Waals surface area contributed by atoms with Crippen LogP contribution in [0.5, 0.6) is 0 Å². The minimum Gasteiger partial charge on any atom is -0.294 e. The molecule has 0 radical (unpaired) electrons. The van der Waals surface area contributed by atoms with E-state index in [2.05, 4.69) is 13.8 Å². The third-order valence-electron chi connectivity index (χ3n) is 2.74. The average molecular weight is 180 g/mol. The van der Waals surface area contributed by atoms with Crippen molar-refractivity contribution in [2.24, 2.45) is 11.3 Å². The quantitative estimate of drug-likeness (QED) is 0.637. The molecule has 13 heavy (non-hydrogen) atoms. The predicted molar refractivity (Wildman–Crippen MR) is 55.6 cm³/mol. The number of allylic oxidation sites excluding steroid dienone is 2. The first-order valence-electron chi connectivity index (χ1n) is 5.16. The smallest absolute Gasteiger partial charge is 0.161 e. The van der Waals surface area contributed by atoms with Gasteiger partial charge in [-0.05, 0) is 31.3 Å². The van der Waals surface area contributed by atoms with Gasteiger partial charge in [0.15, 0.2) is 5.78 Å². The second-order valence-electron chi connectivity index (χ2n) is 5.15. The molecule has 1 nitrogen and oxygen atoms in total. The maximum absolute atomic E-state index is 11.6. The van der Waals surface area contributed by atoms with E-state index in [1.165, 1.54) is 5.57 Å². The normalized spacial score (nSPS) is 21.9. The minimum absolute atomic E-state index is 0.111. The highest BCUT2D eigenvalue weighted by molar-refractivity contribution is 5.95. The second-order valence-corrected chi connectivity index (χ2v) is 5.15. The lowest BCUT2D eigenvalue weighted by Gasteiger charge is -2.27.